The number of carboxylic acid groups (broad SMARTS) is 2. The van der Waals surface area contributed by atoms with Crippen molar-refractivity contribution < 1.29 is 46.1 Å². The highest BCUT2D eigenvalue weighted by atomic mass is 19.4. The third-order valence-electron chi connectivity index (χ3n) is 6.39. The number of hydrogen-bond acceptors (Lipinski definition) is 6. The molecule has 1 saturated heterocycles. The Morgan fingerprint density at radius 1 is 0.805 bits per heavy atom. The highest BCUT2D eigenvalue weighted by Crippen LogP contribution is 2.45. The summed E-state index contributed by atoms with van der Waals surface area (Å²) in [4.78, 5) is 32.0. The fourth-order valence-electron chi connectivity index (χ4n) is 4.70. The van der Waals surface area contributed by atoms with Crippen LogP contribution in [0.2, 0.25) is 0 Å². The lowest BCUT2D eigenvalue weighted by atomic mass is 9.85. The lowest BCUT2D eigenvalue weighted by molar-refractivity contribution is -0.193. The van der Waals surface area contributed by atoms with Crippen molar-refractivity contribution in [1.82, 2.24) is 14.9 Å². The van der Waals surface area contributed by atoms with Crippen LogP contribution < -0.4 is 4.90 Å². The number of carboxylic acids is 2. The van der Waals surface area contributed by atoms with Crippen LogP contribution in [0.1, 0.15) is 23.2 Å². The number of aromatic nitrogens is 2. The highest BCUT2D eigenvalue weighted by molar-refractivity contribution is 5.73. The van der Waals surface area contributed by atoms with Gasteiger partial charge in [0.15, 0.2) is 0 Å². The van der Waals surface area contributed by atoms with Crippen molar-refractivity contribution in [2.45, 2.75) is 37.3 Å². The van der Waals surface area contributed by atoms with E-state index in [1.54, 1.807) is 0 Å². The zero-order chi connectivity index (χ0) is 30.3. The van der Waals surface area contributed by atoms with Gasteiger partial charge in [0.1, 0.15) is 0 Å². The summed E-state index contributed by atoms with van der Waals surface area (Å²) in [5, 5.41) is 14.2. The van der Waals surface area contributed by atoms with Crippen molar-refractivity contribution in [2.75, 3.05) is 24.5 Å². The van der Waals surface area contributed by atoms with E-state index in [4.69, 9.17) is 24.8 Å². The first kappa shape index (κ1) is 31.3. The van der Waals surface area contributed by atoms with Crippen LogP contribution in [0, 0.1) is 0 Å². The number of halogens is 6. The largest absolute Gasteiger partial charge is 0.490 e. The smallest absolute Gasteiger partial charge is 0.475 e. The Balaban J connectivity index is 0.000000276. The Bertz CT molecular complexity index is 1280. The third kappa shape index (κ3) is 8.64. The summed E-state index contributed by atoms with van der Waals surface area (Å²) in [5.74, 6) is -5.51. The maximum absolute atomic E-state index is 10.6. The Hall–Kier alpha value is -4.20. The zero-order valence-electron chi connectivity index (χ0n) is 21.4. The van der Waals surface area contributed by atoms with Gasteiger partial charge in [0, 0.05) is 50.2 Å². The molecule has 1 aromatic carbocycles. The van der Waals surface area contributed by atoms with Crippen molar-refractivity contribution in [3.8, 4) is 0 Å². The minimum Gasteiger partial charge on any atom is -0.475 e. The molecule has 2 aromatic heterocycles. The SMILES string of the molecule is O=C(O)C(F)(F)F.O=C(O)C(F)(F)F.c1ccc(CN2CC3(CCN(Cc4cccnc4)C3)c3ncccc32)cc1. The second kappa shape index (κ2) is 13.0. The topological polar surface area (TPSA) is 107 Å². The van der Waals surface area contributed by atoms with E-state index in [1.807, 2.05) is 24.7 Å². The van der Waals surface area contributed by atoms with Crippen molar-refractivity contribution in [2.24, 2.45) is 0 Å². The van der Waals surface area contributed by atoms with Gasteiger partial charge in [0.05, 0.1) is 11.4 Å². The number of aliphatic carboxylic acids is 2. The molecule has 2 aliphatic rings. The molecule has 14 heteroatoms. The van der Waals surface area contributed by atoms with E-state index >= 15 is 0 Å². The molecule has 1 spiro atoms. The van der Waals surface area contributed by atoms with Gasteiger partial charge in [0.25, 0.3) is 0 Å². The van der Waals surface area contributed by atoms with E-state index in [9.17, 15) is 26.3 Å². The van der Waals surface area contributed by atoms with Crippen LogP contribution >= 0.6 is 0 Å². The predicted molar refractivity (Wildman–Crippen MR) is 135 cm³/mol. The lowest BCUT2D eigenvalue weighted by Gasteiger charge is -2.26. The number of likely N-dealkylation sites (tertiary alicyclic amines) is 1. The molecule has 1 fully saturated rings. The molecule has 3 aromatic rings. The van der Waals surface area contributed by atoms with E-state index in [2.05, 4.69) is 63.3 Å². The van der Waals surface area contributed by atoms with Gasteiger partial charge in [-0.2, -0.15) is 26.3 Å². The molecule has 2 aliphatic heterocycles. The van der Waals surface area contributed by atoms with Crippen molar-refractivity contribution in [3.05, 3.63) is 90.0 Å². The molecule has 0 saturated carbocycles. The van der Waals surface area contributed by atoms with Gasteiger partial charge in [0.2, 0.25) is 0 Å². The van der Waals surface area contributed by atoms with Crippen LogP contribution in [0.4, 0.5) is 32.0 Å². The maximum Gasteiger partial charge on any atom is 0.490 e. The molecule has 5 rings (SSSR count). The van der Waals surface area contributed by atoms with E-state index in [1.165, 1.54) is 28.9 Å². The van der Waals surface area contributed by atoms with Crippen LogP contribution in [0.25, 0.3) is 0 Å². The summed E-state index contributed by atoms with van der Waals surface area (Å²) in [6, 6.07) is 19.2. The molecule has 4 heterocycles. The highest BCUT2D eigenvalue weighted by Gasteiger charge is 2.48. The summed E-state index contributed by atoms with van der Waals surface area (Å²) < 4.78 is 63.5. The second-order valence-corrected chi connectivity index (χ2v) is 9.42. The Kier molecular flexibility index (Phi) is 9.92. The first-order chi connectivity index (χ1) is 19.2. The first-order valence-electron chi connectivity index (χ1n) is 12.2. The molecular weight excluding hydrogens is 558 g/mol. The lowest BCUT2D eigenvalue weighted by Crippen LogP contribution is -2.36. The van der Waals surface area contributed by atoms with E-state index in [0.29, 0.717) is 0 Å². The van der Waals surface area contributed by atoms with E-state index < -0.39 is 24.3 Å². The monoisotopic (exact) mass is 584 g/mol. The summed E-state index contributed by atoms with van der Waals surface area (Å²) in [7, 11) is 0. The third-order valence-corrected chi connectivity index (χ3v) is 6.39. The van der Waals surface area contributed by atoms with Crippen molar-refractivity contribution >= 4 is 17.6 Å². The molecule has 2 N–H and O–H groups in total. The first-order valence-corrected chi connectivity index (χ1v) is 12.2. The second-order valence-electron chi connectivity index (χ2n) is 9.42. The standard InChI is InChI=1S/C23H24N4.2C2HF3O2/c1-2-6-19(7-3-1)16-27-18-23(22-21(27)9-5-12-25-22)10-13-26(17-23)15-20-8-4-11-24-14-20;2*3-2(4,5)1(6)7/h1-9,11-12,14H,10,13,15-18H2;2*(H,6,7). The van der Waals surface area contributed by atoms with Crippen molar-refractivity contribution in [1.29, 1.82) is 0 Å². The molecule has 8 nitrogen and oxygen atoms in total. The fourth-order valence-corrected chi connectivity index (χ4v) is 4.70. The summed E-state index contributed by atoms with van der Waals surface area (Å²) in [6.07, 6.45) is -3.22. The van der Waals surface area contributed by atoms with Crippen LogP contribution in [0.5, 0.6) is 0 Å². The van der Waals surface area contributed by atoms with Crippen LogP contribution in [0.3, 0.4) is 0 Å². The minimum absolute atomic E-state index is 0.146. The molecule has 0 amide bonds. The normalized spacial score (nSPS) is 18.1. The van der Waals surface area contributed by atoms with Crippen LogP contribution in [-0.2, 0) is 28.1 Å². The van der Waals surface area contributed by atoms with Crippen molar-refractivity contribution in [3.63, 3.8) is 0 Å². The number of fused-ring (bicyclic) bond motifs is 2. The van der Waals surface area contributed by atoms with Gasteiger partial charge in [-0.25, -0.2) is 9.59 Å². The fraction of sp³-hybridized carbons (Fsp3) is 0.333. The van der Waals surface area contributed by atoms with Crippen LogP contribution in [-0.4, -0.2) is 69.0 Å². The number of hydrogen-bond donors (Lipinski definition) is 2. The number of benzene rings is 1. The Morgan fingerprint density at radius 3 is 1.95 bits per heavy atom. The minimum atomic E-state index is -5.08. The zero-order valence-corrected chi connectivity index (χ0v) is 21.4. The molecular formula is C27H26F6N4O4. The number of alkyl halides is 6. The summed E-state index contributed by atoms with van der Waals surface area (Å²) in [5.41, 5.74) is 5.39. The summed E-state index contributed by atoms with van der Waals surface area (Å²) in [6.45, 7) is 5.15. The molecule has 0 bridgehead atoms. The molecule has 1 unspecified atom stereocenters. The predicted octanol–water partition coefficient (Wildman–Crippen LogP) is 4.91. The number of pyridine rings is 2. The van der Waals surface area contributed by atoms with Crippen LogP contribution in [0.15, 0.2) is 73.2 Å². The number of carbonyl (C=O) groups is 2. The van der Waals surface area contributed by atoms with Gasteiger partial charge in [-0.3, -0.25) is 14.9 Å². The average molecular weight is 585 g/mol. The van der Waals surface area contributed by atoms with Gasteiger partial charge >= 0.3 is 24.3 Å². The molecule has 0 aliphatic carbocycles. The molecule has 0 radical (unpaired) electrons. The maximum atomic E-state index is 10.6. The number of anilines is 1. The van der Waals surface area contributed by atoms with Gasteiger partial charge in [-0.05, 0) is 42.3 Å². The number of rotatable bonds is 4. The summed E-state index contributed by atoms with van der Waals surface area (Å²) >= 11 is 0. The number of nitrogens with zero attached hydrogens (tertiary/aromatic N) is 4. The van der Waals surface area contributed by atoms with E-state index in [0.717, 1.165) is 32.7 Å². The van der Waals surface area contributed by atoms with Gasteiger partial charge in [-0.15, -0.1) is 0 Å². The average Bonchev–Trinajstić information content (AvgIpc) is 3.45. The molecule has 1 atom stereocenters. The molecule has 220 valence electrons. The Labute approximate surface area is 230 Å². The van der Waals surface area contributed by atoms with Gasteiger partial charge in [-0.1, -0.05) is 36.4 Å². The quantitative estimate of drug-likeness (QED) is 0.417. The van der Waals surface area contributed by atoms with Gasteiger partial charge < -0.3 is 15.1 Å². The Morgan fingerprint density at radius 2 is 1.39 bits per heavy atom. The van der Waals surface area contributed by atoms with E-state index in [-0.39, 0.29) is 5.41 Å². The molecule has 41 heavy (non-hydrogen) atoms.